The van der Waals surface area contributed by atoms with Crippen molar-refractivity contribution in [1.82, 2.24) is 0 Å². The van der Waals surface area contributed by atoms with Crippen LogP contribution in [0.4, 0.5) is 0 Å². The molecule has 2 heteroatoms. The van der Waals surface area contributed by atoms with Crippen molar-refractivity contribution >= 4 is 6.21 Å². The molecule has 0 bridgehead atoms. The first-order chi connectivity index (χ1) is 3.77. The molecule has 0 unspecified atom stereocenters. The summed E-state index contributed by atoms with van der Waals surface area (Å²) in [6, 6.07) is 0. The quantitative estimate of drug-likeness (QED) is 0.325. The highest BCUT2D eigenvalue weighted by Crippen LogP contribution is 1.90. The largest absolute Gasteiger partial charge is 0.323 e. The number of hydrazone groups is 1. The third kappa shape index (κ3) is 5.21. The van der Waals surface area contributed by atoms with Crippen LogP contribution in [0.5, 0.6) is 0 Å². The van der Waals surface area contributed by atoms with Gasteiger partial charge in [-0.3, -0.25) is 0 Å². The predicted molar refractivity (Wildman–Crippen MR) is 36.7 cm³/mol. The van der Waals surface area contributed by atoms with E-state index in [1.54, 1.807) is 6.21 Å². The van der Waals surface area contributed by atoms with E-state index in [1.165, 1.54) is 0 Å². The lowest BCUT2D eigenvalue weighted by atomic mass is 10.2. The Morgan fingerprint density at radius 2 is 2.12 bits per heavy atom. The van der Waals surface area contributed by atoms with Gasteiger partial charge in [-0.15, -0.1) is 0 Å². The molecule has 2 nitrogen and oxygen atoms in total. The first kappa shape index (κ1) is 7.21. The van der Waals surface area contributed by atoms with Gasteiger partial charge in [0.1, 0.15) is 0 Å². The Kier molecular flexibility index (Phi) is 3.94. The topological polar surface area (TPSA) is 38.4 Å². The molecule has 0 saturated heterocycles. The van der Waals surface area contributed by atoms with Crippen molar-refractivity contribution in [2.24, 2.45) is 16.9 Å². The molecular formula is C6H12N2. The fraction of sp³-hybridized carbons (Fsp3) is 0.500. The third-order valence-electron chi connectivity index (χ3n) is 0.668. The summed E-state index contributed by atoms with van der Waals surface area (Å²) >= 11 is 0. The number of allylic oxidation sites excluding steroid dienone is 2. The molecule has 2 N–H and O–H groups in total. The second-order valence-corrected chi connectivity index (χ2v) is 1.93. The minimum absolute atomic E-state index is 0.577. The van der Waals surface area contributed by atoms with Crippen LogP contribution >= 0.6 is 0 Å². The van der Waals surface area contributed by atoms with E-state index in [4.69, 9.17) is 5.84 Å². The molecule has 0 amide bonds. The molecule has 0 aromatic rings. The Bertz CT molecular complexity index is 92.7. The van der Waals surface area contributed by atoms with Crippen molar-refractivity contribution in [2.45, 2.75) is 13.8 Å². The van der Waals surface area contributed by atoms with Crippen molar-refractivity contribution < 1.29 is 0 Å². The fourth-order valence-corrected chi connectivity index (χ4v) is 0.322. The normalized spacial score (nSPS) is 12.4. The maximum Gasteiger partial charge on any atom is 0.0462 e. The molecule has 0 saturated carbocycles. The monoisotopic (exact) mass is 112 g/mol. The Labute approximate surface area is 50.1 Å². The van der Waals surface area contributed by atoms with Crippen LogP contribution in [0.15, 0.2) is 17.3 Å². The van der Waals surface area contributed by atoms with Gasteiger partial charge in [-0.25, -0.2) is 0 Å². The van der Waals surface area contributed by atoms with Crippen LogP contribution in [0, 0.1) is 5.92 Å². The Morgan fingerprint density at radius 3 is 2.50 bits per heavy atom. The molecule has 8 heavy (non-hydrogen) atoms. The van der Waals surface area contributed by atoms with Gasteiger partial charge in [-0.05, 0) is 12.0 Å². The van der Waals surface area contributed by atoms with Crippen molar-refractivity contribution in [2.75, 3.05) is 0 Å². The summed E-state index contributed by atoms with van der Waals surface area (Å²) in [7, 11) is 0. The average Bonchev–Trinajstić information content (AvgIpc) is 1.66. The van der Waals surface area contributed by atoms with Gasteiger partial charge in [0.2, 0.25) is 0 Å². The summed E-state index contributed by atoms with van der Waals surface area (Å²) in [6.07, 6.45) is 5.43. The lowest BCUT2D eigenvalue weighted by Crippen LogP contribution is -1.80. The van der Waals surface area contributed by atoms with Gasteiger partial charge in [-0.2, -0.15) is 5.10 Å². The average molecular weight is 112 g/mol. The molecule has 0 aliphatic rings. The first-order valence-electron chi connectivity index (χ1n) is 2.67. The summed E-state index contributed by atoms with van der Waals surface area (Å²) in [4.78, 5) is 0. The van der Waals surface area contributed by atoms with Crippen molar-refractivity contribution in [1.29, 1.82) is 0 Å². The molecule has 0 aliphatic heterocycles. The van der Waals surface area contributed by atoms with E-state index in [0.29, 0.717) is 5.92 Å². The number of rotatable bonds is 2. The van der Waals surface area contributed by atoms with Crippen LogP contribution in [-0.2, 0) is 0 Å². The highest BCUT2D eigenvalue weighted by Gasteiger charge is 1.78. The molecule has 0 fully saturated rings. The maximum absolute atomic E-state index is 4.83. The second-order valence-electron chi connectivity index (χ2n) is 1.93. The molecule has 0 radical (unpaired) electrons. The van der Waals surface area contributed by atoms with Gasteiger partial charge >= 0.3 is 0 Å². The summed E-state index contributed by atoms with van der Waals surface area (Å²) < 4.78 is 0. The molecule has 0 aliphatic carbocycles. The first-order valence-corrected chi connectivity index (χ1v) is 2.67. The molecule has 46 valence electrons. The lowest BCUT2D eigenvalue weighted by molar-refractivity contribution is 0.833. The van der Waals surface area contributed by atoms with Gasteiger partial charge < -0.3 is 5.84 Å². The van der Waals surface area contributed by atoms with Gasteiger partial charge in [0.25, 0.3) is 0 Å². The van der Waals surface area contributed by atoms with E-state index in [1.807, 2.05) is 12.2 Å². The minimum atomic E-state index is 0.577. The van der Waals surface area contributed by atoms with Gasteiger partial charge in [0.15, 0.2) is 0 Å². The second kappa shape index (κ2) is 4.37. The predicted octanol–water partition coefficient (Wildman–Crippen LogP) is 1.14. The summed E-state index contributed by atoms with van der Waals surface area (Å²) in [6.45, 7) is 4.20. The van der Waals surface area contributed by atoms with Crippen molar-refractivity contribution in [3.63, 3.8) is 0 Å². The van der Waals surface area contributed by atoms with E-state index >= 15 is 0 Å². The van der Waals surface area contributed by atoms with Crippen molar-refractivity contribution in [3.05, 3.63) is 12.2 Å². The van der Waals surface area contributed by atoms with Crippen LogP contribution in [-0.4, -0.2) is 6.21 Å². The molecule has 0 spiro atoms. The van der Waals surface area contributed by atoms with Crippen molar-refractivity contribution in [3.8, 4) is 0 Å². The van der Waals surface area contributed by atoms with Crippen LogP contribution in [0.3, 0.4) is 0 Å². The van der Waals surface area contributed by atoms with E-state index in [-0.39, 0.29) is 0 Å². The van der Waals surface area contributed by atoms with Gasteiger partial charge in [-0.1, -0.05) is 19.9 Å². The van der Waals surface area contributed by atoms with Gasteiger partial charge in [0.05, 0.1) is 0 Å². The molecule has 0 atom stereocenters. The van der Waals surface area contributed by atoms with E-state index in [9.17, 15) is 0 Å². The Balaban J connectivity index is 3.34. The molecule has 0 rings (SSSR count). The number of nitrogens with zero attached hydrogens (tertiary/aromatic N) is 1. The molecule has 0 heterocycles. The highest BCUT2D eigenvalue weighted by atomic mass is 15.1. The van der Waals surface area contributed by atoms with Gasteiger partial charge in [0, 0.05) is 6.21 Å². The SMILES string of the molecule is CC(C)/C=C\C=N/N. The van der Waals surface area contributed by atoms with Crippen LogP contribution in [0.2, 0.25) is 0 Å². The maximum atomic E-state index is 4.83. The minimum Gasteiger partial charge on any atom is -0.323 e. The lowest BCUT2D eigenvalue weighted by Gasteiger charge is -1.87. The highest BCUT2D eigenvalue weighted by molar-refractivity contribution is 5.70. The van der Waals surface area contributed by atoms with E-state index < -0.39 is 0 Å². The smallest absolute Gasteiger partial charge is 0.0462 e. The van der Waals surface area contributed by atoms with Crippen LogP contribution in [0.25, 0.3) is 0 Å². The summed E-state index contributed by atoms with van der Waals surface area (Å²) in [5, 5.41) is 3.30. The molecule has 0 aromatic heterocycles. The molecular weight excluding hydrogens is 100 g/mol. The summed E-state index contributed by atoms with van der Waals surface area (Å²) in [5.74, 6) is 5.41. The van der Waals surface area contributed by atoms with E-state index in [2.05, 4.69) is 18.9 Å². The molecule has 0 aromatic carbocycles. The number of hydrogen-bond acceptors (Lipinski definition) is 2. The third-order valence-corrected chi connectivity index (χ3v) is 0.668. The van der Waals surface area contributed by atoms with Crippen LogP contribution in [0.1, 0.15) is 13.8 Å². The Morgan fingerprint density at radius 1 is 1.50 bits per heavy atom. The zero-order valence-electron chi connectivity index (χ0n) is 5.33. The van der Waals surface area contributed by atoms with E-state index in [0.717, 1.165) is 0 Å². The number of nitrogens with two attached hydrogens (primary N) is 1. The summed E-state index contributed by atoms with van der Waals surface area (Å²) in [5.41, 5.74) is 0. The standard InChI is InChI=1S/C6H12N2/c1-6(2)4-3-5-8-7/h3-6H,7H2,1-2H3/b4-3-,8-5-. The fourth-order valence-electron chi connectivity index (χ4n) is 0.322. The van der Waals surface area contributed by atoms with Crippen LogP contribution < -0.4 is 5.84 Å². The number of hydrogen-bond donors (Lipinski definition) is 1. The Hall–Kier alpha value is -0.790. The zero-order valence-corrected chi connectivity index (χ0v) is 5.33. The zero-order chi connectivity index (χ0) is 6.41.